The van der Waals surface area contributed by atoms with Crippen LogP contribution in [-0.2, 0) is 32.6 Å². The zero-order valence-corrected chi connectivity index (χ0v) is 17.8. The van der Waals surface area contributed by atoms with Gasteiger partial charge in [0.2, 0.25) is 15.9 Å². The number of fused-ring (bicyclic) bond motifs is 1. The number of nitrogens with one attached hydrogen (secondary N) is 2. The lowest BCUT2D eigenvalue weighted by Crippen LogP contribution is -2.47. The van der Waals surface area contributed by atoms with Crippen LogP contribution in [0.5, 0.6) is 0 Å². The maximum absolute atomic E-state index is 12.8. The Hall–Kier alpha value is -2.65. The van der Waals surface area contributed by atoms with Crippen LogP contribution >= 0.6 is 0 Å². The fourth-order valence-electron chi connectivity index (χ4n) is 3.24. The molecule has 31 heavy (non-hydrogen) atoms. The molecule has 0 aliphatic carbocycles. The predicted octanol–water partition coefficient (Wildman–Crippen LogP) is 1.47. The van der Waals surface area contributed by atoms with Crippen molar-refractivity contribution < 1.29 is 31.2 Å². The number of rotatable bonds is 7. The van der Waals surface area contributed by atoms with Crippen molar-refractivity contribution in [2.45, 2.75) is 50.3 Å². The molecule has 1 aliphatic rings. The van der Waals surface area contributed by atoms with Gasteiger partial charge in [0.15, 0.2) is 0 Å². The Labute approximate surface area is 178 Å². The molecule has 2 amide bonds. The Balaban J connectivity index is 2.26. The molecule has 1 heterocycles. The van der Waals surface area contributed by atoms with Gasteiger partial charge in [-0.05, 0) is 42.0 Å². The van der Waals surface area contributed by atoms with Crippen LogP contribution in [0.25, 0.3) is 0 Å². The van der Waals surface area contributed by atoms with Crippen LogP contribution in [-0.4, -0.2) is 50.4 Å². The normalized spacial score (nSPS) is 15.2. The quantitative estimate of drug-likeness (QED) is 0.597. The lowest BCUT2D eigenvalue weighted by atomic mass is 10.00. The van der Waals surface area contributed by atoms with E-state index in [1.807, 2.05) is 0 Å². The second-order valence-corrected chi connectivity index (χ2v) is 9.30. The summed E-state index contributed by atoms with van der Waals surface area (Å²) in [4.78, 5) is 24.2. The van der Waals surface area contributed by atoms with Gasteiger partial charge < -0.3 is 10.2 Å². The monoisotopic (exact) mass is 460 g/mol. The average Bonchev–Trinajstić information content (AvgIpc) is 2.68. The van der Waals surface area contributed by atoms with Crippen molar-refractivity contribution in [1.29, 1.82) is 5.26 Å². The van der Waals surface area contributed by atoms with E-state index in [9.17, 15) is 31.2 Å². The molecule has 12 heteroatoms. The summed E-state index contributed by atoms with van der Waals surface area (Å²) in [6.07, 6.45) is -4.67. The highest BCUT2D eigenvalue weighted by Gasteiger charge is 2.43. The first-order valence-electron chi connectivity index (χ1n) is 9.50. The molecule has 0 radical (unpaired) electrons. The van der Waals surface area contributed by atoms with Crippen LogP contribution in [0.15, 0.2) is 23.1 Å². The summed E-state index contributed by atoms with van der Waals surface area (Å²) < 4.78 is 66.2. The minimum absolute atomic E-state index is 0.0361. The van der Waals surface area contributed by atoms with Gasteiger partial charge in [0.25, 0.3) is 0 Å². The van der Waals surface area contributed by atoms with Crippen LogP contribution < -0.4 is 10.0 Å². The zero-order chi connectivity index (χ0) is 23.4. The molecule has 0 spiro atoms. The third-order valence-corrected chi connectivity index (χ3v) is 6.16. The number of nitriles is 1. The van der Waals surface area contributed by atoms with Crippen LogP contribution in [0.3, 0.4) is 0 Å². The number of hydrogen-bond acceptors (Lipinski definition) is 5. The van der Waals surface area contributed by atoms with Crippen LogP contribution in [0.4, 0.5) is 13.2 Å². The van der Waals surface area contributed by atoms with Gasteiger partial charge in [-0.3, -0.25) is 9.59 Å². The molecule has 0 bridgehead atoms. The van der Waals surface area contributed by atoms with E-state index in [4.69, 9.17) is 5.26 Å². The van der Waals surface area contributed by atoms with Gasteiger partial charge in [-0.15, -0.1) is 0 Å². The van der Waals surface area contributed by atoms with Crippen LogP contribution in [0.1, 0.15) is 31.4 Å². The molecule has 1 aromatic carbocycles. The molecule has 0 fully saturated rings. The first kappa shape index (κ1) is 24.6. The Morgan fingerprint density at radius 3 is 2.52 bits per heavy atom. The summed E-state index contributed by atoms with van der Waals surface area (Å²) in [6.45, 7) is 2.82. The number of sulfonamides is 1. The first-order chi connectivity index (χ1) is 14.3. The highest BCUT2D eigenvalue weighted by molar-refractivity contribution is 7.89. The number of hydrogen-bond donors (Lipinski definition) is 2. The third-order valence-electron chi connectivity index (χ3n) is 4.69. The van der Waals surface area contributed by atoms with Crippen molar-refractivity contribution in [3.63, 3.8) is 0 Å². The topological polar surface area (TPSA) is 119 Å². The summed E-state index contributed by atoms with van der Waals surface area (Å²) >= 11 is 0. The number of nitrogens with zero attached hydrogens (tertiary/aromatic N) is 2. The molecule has 2 N–H and O–H groups in total. The number of benzene rings is 1. The highest BCUT2D eigenvalue weighted by Crippen LogP contribution is 2.26. The molecule has 0 saturated heterocycles. The molecule has 1 atom stereocenters. The van der Waals surface area contributed by atoms with Gasteiger partial charge >= 0.3 is 12.1 Å². The summed E-state index contributed by atoms with van der Waals surface area (Å²) in [5.74, 6) is -2.67. The number of carbonyl (C=O) groups is 2. The fraction of sp³-hybridized carbons (Fsp3) is 0.526. The minimum Gasteiger partial charge on any atom is -0.342 e. The van der Waals surface area contributed by atoms with Gasteiger partial charge in [-0.2, -0.15) is 23.2 Å². The van der Waals surface area contributed by atoms with Crippen molar-refractivity contribution in [2.75, 3.05) is 13.1 Å². The average molecular weight is 460 g/mol. The van der Waals surface area contributed by atoms with E-state index in [1.165, 1.54) is 18.2 Å². The summed E-state index contributed by atoms with van der Waals surface area (Å²) in [6, 6.07) is 4.63. The van der Waals surface area contributed by atoms with Gasteiger partial charge in [0.1, 0.15) is 12.6 Å². The van der Waals surface area contributed by atoms with Crippen molar-refractivity contribution in [1.82, 2.24) is 14.9 Å². The molecular formula is C19H23F3N4O4S. The Kier molecular flexibility index (Phi) is 7.67. The summed E-state index contributed by atoms with van der Waals surface area (Å²) in [5, 5.41) is 10.9. The number of alkyl halides is 3. The predicted molar refractivity (Wildman–Crippen MR) is 104 cm³/mol. The molecule has 1 aromatic rings. The molecule has 1 aliphatic heterocycles. The second-order valence-electron chi connectivity index (χ2n) is 7.58. The van der Waals surface area contributed by atoms with Crippen LogP contribution in [0.2, 0.25) is 0 Å². The van der Waals surface area contributed by atoms with Crippen LogP contribution in [0, 0.1) is 17.2 Å². The van der Waals surface area contributed by atoms with E-state index >= 15 is 0 Å². The van der Waals surface area contributed by atoms with E-state index < -0.39 is 34.1 Å². The van der Waals surface area contributed by atoms with Gasteiger partial charge in [-0.25, -0.2) is 8.42 Å². The number of amides is 2. The Bertz CT molecular complexity index is 987. The molecular weight excluding hydrogens is 437 g/mol. The van der Waals surface area contributed by atoms with E-state index in [2.05, 4.69) is 10.0 Å². The van der Waals surface area contributed by atoms with Gasteiger partial charge in [0.05, 0.1) is 11.0 Å². The zero-order valence-electron chi connectivity index (χ0n) is 17.0. The number of carbonyl (C=O) groups excluding carboxylic acids is 2. The van der Waals surface area contributed by atoms with E-state index in [0.717, 1.165) is 0 Å². The van der Waals surface area contributed by atoms with Crippen molar-refractivity contribution in [2.24, 2.45) is 5.92 Å². The molecule has 0 aromatic heterocycles. The van der Waals surface area contributed by atoms with Gasteiger partial charge in [-0.1, -0.05) is 19.9 Å². The Morgan fingerprint density at radius 1 is 1.26 bits per heavy atom. The van der Waals surface area contributed by atoms with Crippen molar-refractivity contribution >= 4 is 21.8 Å². The second kappa shape index (κ2) is 9.65. The molecule has 0 unspecified atom stereocenters. The standard InChI is InChI=1S/C19H23F3N4O4S/c1-12(2)9-16(17(27)24-7-6-23)25-31(29,30)15-4-3-13-5-8-26(11-14(13)10-15)18(28)19(20,21)22/h3-4,10,12,16,25H,5,7-9,11H2,1-2H3,(H,24,27)/t16-/m0/s1. The summed E-state index contributed by atoms with van der Waals surface area (Å²) in [5.41, 5.74) is 0.941. The summed E-state index contributed by atoms with van der Waals surface area (Å²) in [7, 11) is -4.19. The Morgan fingerprint density at radius 2 is 1.94 bits per heavy atom. The molecule has 2 rings (SSSR count). The third kappa shape index (κ3) is 6.41. The smallest absolute Gasteiger partial charge is 0.342 e. The van der Waals surface area contributed by atoms with E-state index in [-0.39, 0.29) is 43.3 Å². The molecule has 0 saturated carbocycles. The highest BCUT2D eigenvalue weighted by atomic mass is 32.2. The molecule has 8 nitrogen and oxygen atoms in total. The largest absolute Gasteiger partial charge is 0.471 e. The van der Waals surface area contributed by atoms with Crippen molar-refractivity contribution in [3.8, 4) is 6.07 Å². The molecule has 170 valence electrons. The lowest BCUT2D eigenvalue weighted by molar-refractivity contribution is -0.186. The lowest BCUT2D eigenvalue weighted by Gasteiger charge is -2.29. The minimum atomic E-state index is -5.01. The fourth-order valence-corrected chi connectivity index (χ4v) is 4.50. The van der Waals surface area contributed by atoms with E-state index in [1.54, 1.807) is 19.9 Å². The van der Waals surface area contributed by atoms with Crippen molar-refractivity contribution in [3.05, 3.63) is 29.3 Å². The maximum atomic E-state index is 12.8. The van der Waals surface area contributed by atoms with E-state index in [0.29, 0.717) is 16.0 Å². The van der Waals surface area contributed by atoms with Gasteiger partial charge in [0, 0.05) is 13.1 Å². The SMILES string of the molecule is CC(C)C[C@H](NS(=O)(=O)c1ccc2c(c1)CN(C(=O)C(F)(F)F)CC2)C(=O)NCC#N. The maximum Gasteiger partial charge on any atom is 0.471 e. The first-order valence-corrected chi connectivity index (χ1v) is 11.0. The number of halogens is 3.